The first kappa shape index (κ1) is 36.0. The molecule has 5 rings (SSSR count). The molecule has 49 heavy (non-hydrogen) atoms. The Bertz CT molecular complexity index is 1500. The molecule has 3 fully saturated rings. The Balaban J connectivity index is 1.47. The molecule has 262 valence electrons. The first-order valence-electron chi connectivity index (χ1n) is 17.3. The lowest BCUT2D eigenvalue weighted by Crippen LogP contribution is -2.58. The van der Waals surface area contributed by atoms with Crippen LogP contribution in [0.15, 0.2) is 86.0 Å². The van der Waals surface area contributed by atoms with E-state index in [0.29, 0.717) is 32.2 Å². The summed E-state index contributed by atoms with van der Waals surface area (Å²) in [6, 6.07) is 16.5. The second kappa shape index (κ2) is 16.0. The van der Waals surface area contributed by atoms with Gasteiger partial charge < -0.3 is 29.7 Å². The summed E-state index contributed by atoms with van der Waals surface area (Å²) in [6.07, 6.45) is 4.79. The highest BCUT2D eigenvalue weighted by molar-refractivity contribution is 5.99. The summed E-state index contributed by atoms with van der Waals surface area (Å²) in [4.78, 5) is 59.3. The van der Waals surface area contributed by atoms with Crippen molar-refractivity contribution in [1.29, 1.82) is 0 Å². The second-order valence-electron chi connectivity index (χ2n) is 13.7. The number of likely N-dealkylation sites (tertiary alicyclic amines) is 1. The topological polar surface area (TPSA) is 125 Å². The molecule has 3 aliphatic rings. The number of rotatable bonds is 17. The molecule has 0 unspecified atom stereocenters. The van der Waals surface area contributed by atoms with Crippen LogP contribution < -0.4 is 5.32 Å². The van der Waals surface area contributed by atoms with Gasteiger partial charge in [0.25, 0.3) is 0 Å². The fraction of sp³-hybridized carbons (Fsp3) is 0.487. The van der Waals surface area contributed by atoms with Crippen LogP contribution in [-0.2, 0) is 35.2 Å². The molecule has 10 nitrogen and oxygen atoms in total. The highest BCUT2D eigenvalue weighted by Gasteiger charge is 2.75. The zero-order valence-corrected chi connectivity index (χ0v) is 28.5. The predicted molar refractivity (Wildman–Crippen MR) is 185 cm³/mol. The Kier molecular flexibility index (Phi) is 11.7. The van der Waals surface area contributed by atoms with Crippen LogP contribution in [0.2, 0.25) is 0 Å². The molecular weight excluding hydrogens is 622 g/mol. The number of aliphatic hydroxyl groups is 1. The van der Waals surface area contributed by atoms with Gasteiger partial charge in [-0.05, 0) is 42.7 Å². The molecule has 10 heteroatoms. The van der Waals surface area contributed by atoms with Gasteiger partial charge in [0.1, 0.15) is 18.2 Å². The molecule has 2 N–H and O–H groups in total. The van der Waals surface area contributed by atoms with Gasteiger partial charge in [0, 0.05) is 19.5 Å². The monoisotopic (exact) mass is 671 g/mol. The van der Waals surface area contributed by atoms with Crippen molar-refractivity contribution < 1.29 is 33.8 Å². The van der Waals surface area contributed by atoms with Crippen molar-refractivity contribution in [2.75, 3.05) is 19.8 Å². The zero-order valence-electron chi connectivity index (χ0n) is 28.5. The first-order chi connectivity index (χ1) is 23.6. The van der Waals surface area contributed by atoms with Crippen molar-refractivity contribution >= 4 is 23.7 Å². The van der Waals surface area contributed by atoms with Gasteiger partial charge in [0.2, 0.25) is 17.7 Å². The molecule has 1 spiro atoms. The van der Waals surface area contributed by atoms with Crippen molar-refractivity contribution in [1.82, 2.24) is 15.1 Å². The van der Waals surface area contributed by atoms with E-state index in [2.05, 4.69) is 18.5 Å². The molecule has 2 aromatic rings. The van der Waals surface area contributed by atoms with E-state index in [4.69, 9.17) is 9.47 Å². The standard InChI is InChI=1S/C39H49N3O7/c1-5-7-18-32(44)48-25-30(28-16-12-9-13-17-28)40-36(45)33-31-19-20-39(49-31)34(33)37(46)42(29(24-43)22-26(3)4)35(39)38(47)41(21-6-2)23-27-14-10-8-11-15-27/h5-6,8-17,26,29-31,33-35,43H,1-2,7,18-25H2,3-4H3,(H,40,45)/t29-,30+,31+,33-,34-,35+,39-/m1/s1. The highest BCUT2D eigenvalue weighted by Crippen LogP contribution is 2.59. The van der Waals surface area contributed by atoms with Crippen molar-refractivity contribution in [2.24, 2.45) is 17.8 Å². The molecule has 3 aliphatic heterocycles. The van der Waals surface area contributed by atoms with Gasteiger partial charge in [-0.15, -0.1) is 13.2 Å². The average Bonchev–Trinajstić information content (AvgIpc) is 3.75. The first-order valence-corrected chi connectivity index (χ1v) is 17.3. The molecule has 0 aliphatic carbocycles. The molecule has 3 heterocycles. The number of carbonyl (C=O) groups is 4. The van der Waals surface area contributed by atoms with E-state index < -0.39 is 53.5 Å². The van der Waals surface area contributed by atoms with Crippen LogP contribution in [0.4, 0.5) is 0 Å². The number of esters is 1. The van der Waals surface area contributed by atoms with Crippen molar-refractivity contribution in [2.45, 2.75) is 82.3 Å². The zero-order chi connectivity index (χ0) is 35.1. The summed E-state index contributed by atoms with van der Waals surface area (Å²) in [5.41, 5.74) is 0.437. The smallest absolute Gasteiger partial charge is 0.306 e. The Morgan fingerprint density at radius 2 is 1.80 bits per heavy atom. The van der Waals surface area contributed by atoms with Gasteiger partial charge in [0.05, 0.1) is 36.6 Å². The van der Waals surface area contributed by atoms with Crippen LogP contribution in [0.3, 0.4) is 0 Å². The van der Waals surface area contributed by atoms with Crippen LogP contribution >= 0.6 is 0 Å². The predicted octanol–water partition coefficient (Wildman–Crippen LogP) is 4.35. The van der Waals surface area contributed by atoms with Crippen LogP contribution in [0, 0.1) is 17.8 Å². The Morgan fingerprint density at radius 3 is 2.43 bits per heavy atom. The number of hydrogen-bond acceptors (Lipinski definition) is 7. The summed E-state index contributed by atoms with van der Waals surface area (Å²) < 4.78 is 12.2. The van der Waals surface area contributed by atoms with E-state index in [1.807, 2.05) is 74.5 Å². The van der Waals surface area contributed by atoms with E-state index in [9.17, 15) is 24.3 Å². The number of nitrogens with zero attached hydrogens (tertiary/aromatic N) is 2. The van der Waals surface area contributed by atoms with Gasteiger partial charge in [-0.3, -0.25) is 19.2 Å². The number of aliphatic hydroxyl groups excluding tert-OH is 1. The number of ether oxygens (including phenoxy) is 2. The van der Waals surface area contributed by atoms with E-state index >= 15 is 0 Å². The van der Waals surface area contributed by atoms with E-state index in [-0.39, 0.29) is 43.9 Å². The third-order valence-corrected chi connectivity index (χ3v) is 9.98. The molecule has 0 saturated carbocycles. The molecule has 0 radical (unpaired) electrons. The normalized spacial score (nSPS) is 25.1. The van der Waals surface area contributed by atoms with E-state index in [1.54, 1.807) is 17.1 Å². The second-order valence-corrected chi connectivity index (χ2v) is 13.7. The lowest BCUT2D eigenvalue weighted by atomic mass is 9.70. The van der Waals surface area contributed by atoms with Gasteiger partial charge in [-0.25, -0.2) is 0 Å². The number of fused-ring (bicyclic) bond motifs is 1. The fourth-order valence-corrected chi connectivity index (χ4v) is 7.89. The Labute approximate surface area is 289 Å². The van der Waals surface area contributed by atoms with E-state index in [0.717, 1.165) is 11.1 Å². The summed E-state index contributed by atoms with van der Waals surface area (Å²) in [6.45, 7) is 11.7. The molecule has 7 atom stereocenters. The summed E-state index contributed by atoms with van der Waals surface area (Å²) in [7, 11) is 0. The molecule has 3 amide bonds. The van der Waals surface area contributed by atoms with Crippen molar-refractivity contribution in [3.8, 4) is 0 Å². The maximum absolute atomic E-state index is 14.8. The van der Waals surface area contributed by atoms with Crippen LogP contribution in [0.1, 0.15) is 63.1 Å². The number of allylic oxidation sites excluding steroid dienone is 1. The Morgan fingerprint density at radius 1 is 1.10 bits per heavy atom. The number of carbonyl (C=O) groups excluding carboxylic acids is 4. The number of benzene rings is 2. The minimum atomic E-state index is -1.24. The lowest BCUT2D eigenvalue weighted by molar-refractivity contribution is -0.152. The Hall–Kier alpha value is -4.28. The average molecular weight is 672 g/mol. The summed E-state index contributed by atoms with van der Waals surface area (Å²) in [5.74, 6) is -3.11. The quantitative estimate of drug-likeness (QED) is 0.189. The third-order valence-electron chi connectivity index (χ3n) is 9.98. The van der Waals surface area contributed by atoms with Gasteiger partial charge in [-0.1, -0.05) is 86.7 Å². The molecule has 3 saturated heterocycles. The van der Waals surface area contributed by atoms with Crippen molar-refractivity contribution in [3.63, 3.8) is 0 Å². The lowest BCUT2D eigenvalue weighted by Gasteiger charge is -2.39. The SMILES string of the molecule is C=CCCC(=O)OC[C@H](NC(=O)[C@@H]1[C@@H]2CC[C@]3(O2)[C@H](C(=O)N(CC=C)Cc2ccccc2)N([C@@H](CO)CC(C)C)C(=O)[C@@H]13)c1ccccc1. The van der Waals surface area contributed by atoms with Gasteiger partial charge >= 0.3 is 5.97 Å². The van der Waals surface area contributed by atoms with Crippen molar-refractivity contribution in [3.05, 3.63) is 97.1 Å². The summed E-state index contributed by atoms with van der Waals surface area (Å²) >= 11 is 0. The maximum Gasteiger partial charge on any atom is 0.306 e. The van der Waals surface area contributed by atoms with Crippen LogP contribution in [-0.4, -0.2) is 82.1 Å². The molecule has 0 aromatic heterocycles. The largest absolute Gasteiger partial charge is 0.463 e. The van der Waals surface area contributed by atoms with E-state index in [1.165, 1.54) is 4.90 Å². The maximum atomic E-state index is 14.8. The number of amides is 3. The molecule has 2 bridgehead atoms. The fourth-order valence-electron chi connectivity index (χ4n) is 7.89. The number of hydrogen-bond donors (Lipinski definition) is 2. The number of nitrogens with one attached hydrogen (secondary N) is 1. The molecule has 2 aromatic carbocycles. The third kappa shape index (κ3) is 7.50. The van der Waals surface area contributed by atoms with Gasteiger partial charge in [0.15, 0.2) is 0 Å². The van der Waals surface area contributed by atoms with Crippen LogP contribution in [0.25, 0.3) is 0 Å². The minimum absolute atomic E-state index is 0.0854. The van der Waals surface area contributed by atoms with Gasteiger partial charge in [-0.2, -0.15) is 0 Å². The van der Waals surface area contributed by atoms with Crippen LogP contribution in [0.5, 0.6) is 0 Å². The minimum Gasteiger partial charge on any atom is -0.463 e. The summed E-state index contributed by atoms with van der Waals surface area (Å²) in [5, 5.41) is 13.7. The highest BCUT2D eigenvalue weighted by atomic mass is 16.5. The molecular formula is C39H49N3O7.